The average Bonchev–Trinajstić information content (AvgIpc) is 3.19. The largest absolute Gasteiger partial charge is 0.324 e. The van der Waals surface area contributed by atoms with Crippen LogP contribution in [0, 0.1) is 24.5 Å². The van der Waals surface area contributed by atoms with Crippen LogP contribution in [0.3, 0.4) is 0 Å². The lowest BCUT2D eigenvalue weighted by molar-refractivity contribution is -0.121. The van der Waals surface area contributed by atoms with Crippen LogP contribution in [0.5, 0.6) is 0 Å². The van der Waals surface area contributed by atoms with Crippen molar-refractivity contribution in [3.05, 3.63) is 83.9 Å². The first-order chi connectivity index (χ1) is 16.5. The summed E-state index contributed by atoms with van der Waals surface area (Å²) >= 11 is 0. The van der Waals surface area contributed by atoms with Crippen LogP contribution in [-0.2, 0) is 4.79 Å². The highest BCUT2D eigenvalue weighted by molar-refractivity contribution is 5.96. The Kier molecular flexibility index (Phi) is 6.14. The minimum Gasteiger partial charge on any atom is -0.324 e. The van der Waals surface area contributed by atoms with Gasteiger partial charge in [0, 0.05) is 23.4 Å². The number of hydrogen-bond donors (Lipinski definition) is 1. The lowest BCUT2D eigenvalue weighted by Gasteiger charge is -2.32. The number of carbonyl (C=O) groups is 1. The molecule has 1 N–H and O–H groups in total. The number of aromatic nitrogens is 2. The highest BCUT2D eigenvalue weighted by Gasteiger charge is 2.34. The van der Waals surface area contributed by atoms with Crippen molar-refractivity contribution in [3.63, 3.8) is 0 Å². The second kappa shape index (κ2) is 9.37. The first kappa shape index (κ1) is 22.3. The van der Waals surface area contributed by atoms with Crippen molar-refractivity contribution in [1.82, 2.24) is 9.55 Å². The molecule has 1 aliphatic rings. The number of nitrogens with one attached hydrogen (secondary N) is 1. The van der Waals surface area contributed by atoms with Crippen LogP contribution < -0.4 is 5.32 Å². The summed E-state index contributed by atoms with van der Waals surface area (Å²) in [4.78, 5) is 18.5. The summed E-state index contributed by atoms with van der Waals surface area (Å²) in [7, 11) is 0. The summed E-state index contributed by atoms with van der Waals surface area (Å²) in [6, 6.07) is 18.8. The van der Waals surface area contributed by atoms with Gasteiger partial charge in [-0.3, -0.25) is 4.79 Å². The average molecular weight is 460 g/mol. The summed E-state index contributed by atoms with van der Waals surface area (Å²) in [5.41, 5.74) is 3.35. The molecular formula is C28H27F2N3O. The van der Waals surface area contributed by atoms with Crippen LogP contribution in [-0.4, -0.2) is 15.5 Å². The van der Waals surface area contributed by atoms with E-state index >= 15 is 0 Å². The van der Waals surface area contributed by atoms with Crippen molar-refractivity contribution in [2.45, 2.75) is 45.1 Å². The van der Waals surface area contributed by atoms with Gasteiger partial charge < -0.3 is 9.88 Å². The van der Waals surface area contributed by atoms with E-state index in [-0.39, 0.29) is 11.8 Å². The maximum atomic E-state index is 14.4. The molecule has 1 heterocycles. The molecule has 5 rings (SSSR count). The zero-order valence-corrected chi connectivity index (χ0v) is 19.1. The van der Waals surface area contributed by atoms with Crippen molar-refractivity contribution in [2.75, 3.05) is 5.32 Å². The van der Waals surface area contributed by atoms with Crippen LogP contribution in [0.1, 0.15) is 43.7 Å². The number of fused-ring (bicyclic) bond motifs is 1. The summed E-state index contributed by atoms with van der Waals surface area (Å²) in [5.74, 6) is -1.47. The zero-order chi connectivity index (χ0) is 23.7. The lowest BCUT2D eigenvalue weighted by atomic mass is 9.83. The van der Waals surface area contributed by atoms with Crippen LogP contribution in [0.25, 0.3) is 22.4 Å². The van der Waals surface area contributed by atoms with Gasteiger partial charge in [0.15, 0.2) is 11.6 Å². The van der Waals surface area contributed by atoms with Gasteiger partial charge in [-0.15, -0.1) is 0 Å². The van der Waals surface area contributed by atoms with Crippen molar-refractivity contribution >= 4 is 22.6 Å². The Bertz CT molecular complexity index is 1310. The van der Waals surface area contributed by atoms with Gasteiger partial charge in [0.1, 0.15) is 11.9 Å². The number of aryl methyl sites for hydroxylation is 1. The van der Waals surface area contributed by atoms with E-state index in [1.165, 1.54) is 6.07 Å². The van der Waals surface area contributed by atoms with E-state index in [9.17, 15) is 13.6 Å². The van der Waals surface area contributed by atoms with Gasteiger partial charge >= 0.3 is 0 Å². The molecule has 174 valence electrons. The van der Waals surface area contributed by atoms with E-state index < -0.39 is 17.7 Å². The van der Waals surface area contributed by atoms with Gasteiger partial charge in [0.2, 0.25) is 5.91 Å². The fourth-order valence-electron chi connectivity index (χ4n) is 5.01. The van der Waals surface area contributed by atoms with E-state index in [4.69, 9.17) is 4.98 Å². The monoisotopic (exact) mass is 459 g/mol. The number of imidazole rings is 1. The van der Waals surface area contributed by atoms with E-state index in [0.29, 0.717) is 22.5 Å². The molecule has 1 unspecified atom stereocenters. The van der Waals surface area contributed by atoms with Crippen LogP contribution in [0.15, 0.2) is 66.7 Å². The third-order valence-electron chi connectivity index (χ3n) is 6.73. The summed E-state index contributed by atoms with van der Waals surface area (Å²) < 4.78 is 30.4. The molecule has 1 saturated carbocycles. The summed E-state index contributed by atoms with van der Waals surface area (Å²) in [6.45, 7) is 2.00. The molecule has 1 amide bonds. The Labute approximate surface area is 197 Å². The molecule has 4 nitrogen and oxygen atoms in total. The smallest absolute Gasteiger partial charge is 0.247 e. The second-order valence-corrected chi connectivity index (χ2v) is 9.12. The molecule has 34 heavy (non-hydrogen) atoms. The minimum absolute atomic E-state index is 0.0622. The minimum atomic E-state index is -0.949. The normalized spacial score (nSPS) is 15.4. The first-order valence-corrected chi connectivity index (χ1v) is 11.8. The molecule has 0 radical (unpaired) electrons. The Morgan fingerprint density at radius 3 is 2.35 bits per heavy atom. The van der Waals surface area contributed by atoms with Gasteiger partial charge in [-0.25, -0.2) is 13.8 Å². The molecule has 0 saturated heterocycles. The maximum Gasteiger partial charge on any atom is 0.247 e. The zero-order valence-electron chi connectivity index (χ0n) is 19.1. The van der Waals surface area contributed by atoms with Gasteiger partial charge in [0.05, 0.1) is 11.0 Å². The molecule has 3 aromatic carbocycles. The molecule has 4 aromatic rings. The standard InChI is InChI=1S/C28H27F2N3O/c1-18-12-14-20(15-13-18)27-32-24-16-22(29)23(30)17-25(24)33(27)26(19-8-4-2-5-9-19)28(34)31-21-10-6-3-7-11-21/h3,6-7,10-17,19,26H,2,4-5,8-9H2,1H3,(H,31,34). The van der Waals surface area contributed by atoms with Crippen LogP contribution in [0.2, 0.25) is 0 Å². The summed E-state index contributed by atoms with van der Waals surface area (Å²) in [5, 5.41) is 3.05. The number of nitrogens with zero attached hydrogens (tertiary/aromatic N) is 2. The number of para-hydroxylation sites is 1. The van der Waals surface area contributed by atoms with E-state index in [0.717, 1.165) is 49.3 Å². The van der Waals surface area contributed by atoms with Gasteiger partial charge in [-0.1, -0.05) is 67.3 Å². The third-order valence-corrected chi connectivity index (χ3v) is 6.73. The van der Waals surface area contributed by atoms with Crippen molar-refractivity contribution < 1.29 is 13.6 Å². The van der Waals surface area contributed by atoms with Crippen molar-refractivity contribution in [2.24, 2.45) is 5.92 Å². The molecule has 0 bridgehead atoms. The molecule has 0 spiro atoms. The fourth-order valence-corrected chi connectivity index (χ4v) is 5.01. The number of halogens is 2. The molecule has 1 fully saturated rings. The Balaban J connectivity index is 1.70. The van der Waals surface area contributed by atoms with Crippen molar-refractivity contribution in [1.29, 1.82) is 0 Å². The van der Waals surface area contributed by atoms with Crippen LogP contribution >= 0.6 is 0 Å². The number of rotatable bonds is 5. The molecule has 0 aliphatic heterocycles. The molecular weight excluding hydrogens is 432 g/mol. The number of hydrogen-bond acceptors (Lipinski definition) is 2. The number of benzene rings is 3. The highest BCUT2D eigenvalue weighted by Crippen LogP contribution is 2.39. The quantitative estimate of drug-likeness (QED) is 0.348. The van der Waals surface area contributed by atoms with E-state index in [2.05, 4.69) is 5.32 Å². The Morgan fingerprint density at radius 1 is 0.971 bits per heavy atom. The lowest BCUT2D eigenvalue weighted by Crippen LogP contribution is -2.33. The number of carbonyl (C=O) groups excluding carboxylic acids is 1. The summed E-state index contributed by atoms with van der Waals surface area (Å²) in [6.07, 6.45) is 5.00. The Hall–Kier alpha value is -3.54. The second-order valence-electron chi connectivity index (χ2n) is 9.12. The molecule has 1 atom stereocenters. The topological polar surface area (TPSA) is 46.9 Å². The van der Waals surface area contributed by atoms with Gasteiger partial charge in [-0.05, 0) is 37.8 Å². The predicted octanol–water partition coefficient (Wildman–Crippen LogP) is 7.05. The van der Waals surface area contributed by atoms with E-state index in [1.807, 2.05) is 66.1 Å². The van der Waals surface area contributed by atoms with Crippen molar-refractivity contribution in [3.8, 4) is 11.4 Å². The first-order valence-electron chi connectivity index (χ1n) is 11.8. The van der Waals surface area contributed by atoms with Gasteiger partial charge in [0.25, 0.3) is 0 Å². The predicted molar refractivity (Wildman–Crippen MR) is 131 cm³/mol. The molecule has 6 heteroatoms. The van der Waals surface area contributed by atoms with Gasteiger partial charge in [-0.2, -0.15) is 0 Å². The molecule has 1 aliphatic carbocycles. The van der Waals surface area contributed by atoms with Crippen LogP contribution in [0.4, 0.5) is 14.5 Å². The SMILES string of the molecule is Cc1ccc(-c2nc3cc(F)c(F)cc3n2C(C(=O)Nc2ccccc2)C2CCCCC2)cc1. The fraction of sp³-hybridized carbons (Fsp3) is 0.286. The highest BCUT2D eigenvalue weighted by atomic mass is 19.2. The number of amides is 1. The number of anilines is 1. The Morgan fingerprint density at radius 2 is 1.65 bits per heavy atom. The third kappa shape index (κ3) is 4.32. The van der Waals surface area contributed by atoms with E-state index in [1.54, 1.807) is 0 Å². The molecule has 1 aromatic heterocycles. The maximum absolute atomic E-state index is 14.4.